The van der Waals surface area contributed by atoms with Crippen molar-refractivity contribution in [2.75, 3.05) is 16.8 Å². The Kier molecular flexibility index (Phi) is 4.95. The van der Waals surface area contributed by atoms with Gasteiger partial charge in [0.1, 0.15) is 0 Å². The van der Waals surface area contributed by atoms with Gasteiger partial charge < -0.3 is 15.5 Å². The van der Waals surface area contributed by atoms with Gasteiger partial charge in [0.05, 0.1) is 6.04 Å². The van der Waals surface area contributed by atoms with Crippen LogP contribution in [-0.4, -0.2) is 24.5 Å². The van der Waals surface area contributed by atoms with Crippen molar-refractivity contribution in [1.29, 1.82) is 0 Å². The maximum absolute atomic E-state index is 12.3. The van der Waals surface area contributed by atoms with Crippen molar-refractivity contribution in [3.8, 4) is 0 Å². The number of anilines is 2. The summed E-state index contributed by atoms with van der Waals surface area (Å²) in [5.74, 6) is 0.0139. The van der Waals surface area contributed by atoms with Gasteiger partial charge in [-0.15, -0.1) is 0 Å². The lowest BCUT2D eigenvalue weighted by Gasteiger charge is -2.18. The monoisotopic (exact) mass is 357 g/mol. The fourth-order valence-corrected chi connectivity index (χ4v) is 2.96. The molecule has 1 aliphatic rings. The molecule has 2 aromatic carbocycles. The number of benzene rings is 2. The number of rotatable bonds is 3. The first-order chi connectivity index (χ1) is 11.9. The van der Waals surface area contributed by atoms with Crippen molar-refractivity contribution >= 4 is 34.9 Å². The zero-order chi connectivity index (χ0) is 18.0. The van der Waals surface area contributed by atoms with E-state index in [9.17, 15) is 9.59 Å². The van der Waals surface area contributed by atoms with Crippen LogP contribution in [0.25, 0.3) is 0 Å². The summed E-state index contributed by atoms with van der Waals surface area (Å²) in [6.07, 6.45) is 0.293. The van der Waals surface area contributed by atoms with Crippen molar-refractivity contribution < 1.29 is 9.59 Å². The van der Waals surface area contributed by atoms with Crippen LogP contribution in [0.5, 0.6) is 0 Å². The molecule has 6 heteroatoms. The summed E-state index contributed by atoms with van der Waals surface area (Å²) in [7, 11) is 0. The molecule has 1 heterocycles. The average Bonchev–Trinajstić information content (AvgIpc) is 2.92. The van der Waals surface area contributed by atoms with E-state index in [4.69, 9.17) is 11.6 Å². The highest BCUT2D eigenvalue weighted by molar-refractivity contribution is 6.30. The quantitative estimate of drug-likeness (QED) is 0.875. The number of nitrogens with one attached hydrogen (secondary N) is 2. The molecule has 1 aliphatic heterocycles. The van der Waals surface area contributed by atoms with Crippen molar-refractivity contribution in [2.24, 2.45) is 0 Å². The standard InChI is InChI=1S/C19H20ClN3O2/c1-12-3-8-17(9-13(12)2)23-11-16(10-18(23)24)22-19(25)21-15-6-4-14(20)5-7-15/h3-9,16H,10-11H2,1-2H3,(H2,21,22,25)/t16-/m0/s1. The lowest BCUT2D eigenvalue weighted by atomic mass is 10.1. The minimum atomic E-state index is -0.331. The third kappa shape index (κ3) is 4.12. The number of aryl methyl sites for hydroxylation is 2. The van der Waals surface area contributed by atoms with Crippen LogP contribution in [0.15, 0.2) is 42.5 Å². The Labute approximate surface area is 152 Å². The van der Waals surface area contributed by atoms with Gasteiger partial charge in [-0.05, 0) is 61.4 Å². The molecule has 3 rings (SSSR count). The molecule has 130 valence electrons. The van der Waals surface area contributed by atoms with E-state index in [1.54, 1.807) is 29.2 Å². The van der Waals surface area contributed by atoms with Crippen LogP contribution in [0.4, 0.5) is 16.2 Å². The predicted octanol–water partition coefficient (Wildman–Crippen LogP) is 3.88. The molecular formula is C19H20ClN3O2. The Bertz CT molecular complexity index is 805. The Balaban J connectivity index is 1.61. The molecule has 0 bridgehead atoms. The largest absolute Gasteiger partial charge is 0.333 e. The van der Waals surface area contributed by atoms with Gasteiger partial charge in [-0.1, -0.05) is 17.7 Å². The van der Waals surface area contributed by atoms with Crippen LogP contribution in [0, 0.1) is 13.8 Å². The zero-order valence-corrected chi connectivity index (χ0v) is 14.9. The molecule has 1 saturated heterocycles. The summed E-state index contributed by atoms with van der Waals surface area (Å²) in [5, 5.41) is 6.20. The number of nitrogens with zero attached hydrogens (tertiary/aromatic N) is 1. The number of urea groups is 1. The summed E-state index contributed by atoms with van der Waals surface area (Å²) in [6, 6.07) is 12.3. The van der Waals surface area contributed by atoms with Gasteiger partial charge >= 0.3 is 6.03 Å². The number of halogens is 1. The maximum Gasteiger partial charge on any atom is 0.319 e. The molecular weight excluding hydrogens is 338 g/mol. The Hall–Kier alpha value is -2.53. The summed E-state index contributed by atoms with van der Waals surface area (Å²) in [6.45, 7) is 4.53. The smallest absolute Gasteiger partial charge is 0.319 e. The fourth-order valence-electron chi connectivity index (χ4n) is 2.83. The number of amides is 3. The SMILES string of the molecule is Cc1ccc(N2C[C@@H](NC(=O)Nc3ccc(Cl)cc3)CC2=O)cc1C. The Morgan fingerprint density at radius 3 is 2.52 bits per heavy atom. The molecule has 3 amide bonds. The minimum absolute atomic E-state index is 0.0139. The first kappa shape index (κ1) is 17.3. The van der Waals surface area contributed by atoms with Gasteiger partial charge in [-0.2, -0.15) is 0 Å². The van der Waals surface area contributed by atoms with E-state index in [2.05, 4.69) is 10.6 Å². The highest BCUT2D eigenvalue weighted by Crippen LogP contribution is 2.24. The van der Waals surface area contributed by atoms with Crippen molar-refractivity contribution in [1.82, 2.24) is 5.32 Å². The molecule has 0 radical (unpaired) electrons. The third-order valence-corrected chi connectivity index (χ3v) is 4.62. The van der Waals surface area contributed by atoms with E-state index < -0.39 is 0 Å². The van der Waals surface area contributed by atoms with E-state index in [-0.39, 0.29) is 18.0 Å². The normalized spacial score (nSPS) is 16.8. The number of hydrogen-bond donors (Lipinski definition) is 2. The minimum Gasteiger partial charge on any atom is -0.333 e. The molecule has 0 spiro atoms. The Morgan fingerprint density at radius 1 is 1.12 bits per heavy atom. The third-order valence-electron chi connectivity index (χ3n) is 4.36. The summed E-state index contributed by atoms with van der Waals surface area (Å²) >= 11 is 5.83. The maximum atomic E-state index is 12.3. The van der Waals surface area contributed by atoms with Crippen molar-refractivity contribution in [2.45, 2.75) is 26.3 Å². The molecule has 1 fully saturated rings. The molecule has 0 aliphatic carbocycles. The molecule has 0 aromatic heterocycles. The van der Waals surface area contributed by atoms with E-state index in [1.807, 2.05) is 32.0 Å². The lowest BCUT2D eigenvalue weighted by Crippen LogP contribution is -2.39. The molecule has 25 heavy (non-hydrogen) atoms. The second-order valence-corrected chi connectivity index (χ2v) is 6.72. The van der Waals surface area contributed by atoms with Gasteiger partial charge in [0.2, 0.25) is 5.91 Å². The van der Waals surface area contributed by atoms with Crippen LogP contribution in [0.3, 0.4) is 0 Å². The zero-order valence-electron chi connectivity index (χ0n) is 14.2. The lowest BCUT2D eigenvalue weighted by molar-refractivity contribution is -0.117. The highest BCUT2D eigenvalue weighted by Gasteiger charge is 2.31. The highest BCUT2D eigenvalue weighted by atomic mass is 35.5. The summed E-state index contributed by atoms with van der Waals surface area (Å²) < 4.78 is 0. The van der Waals surface area contributed by atoms with Crippen LogP contribution in [0.1, 0.15) is 17.5 Å². The predicted molar refractivity (Wildman–Crippen MR) is 100 cm³/mol. The van der Waals surface area contributed by atoms with Crippen LogP contribution in [0.2, 0.25) is 5.02 Å². The van der Waals surface area contributed by atoms with Gasteiger partial charge in [0.15, 0.2) is 0 Å². The number of carbonyl (C=O) groups excluding carboxylic acids is 2. The molecule has 0 unspecified atom stereocenters. The molecule has 0 saturated carbocycles. The second-order valence-electron chi connectivity index (χ2n) is 6.28. The van der Waals surface area contributed by atoms with Gasteiger partial charge in [-0.3, -0.25) is 4.79 Å². The fraction of sp³-hybridized carbons (Fsp3) is 0.263. The van der Waals surface area contributed by atoms with Crippen molar-refractivity contribution in [3.05, 3.63) is 58.6 Å². The van der Waals surface area contributed by atoms with Crippen LogP contribution in [-0.2, 0) is 4.79 Å². The van der Waals surface area contributed by atoms with E-state index in [1.165, 1.54) is 5.56 Å². The average molecular weight is 358 g/mol. The topological polar surface area (TPSA) is 61.4 Å². The van der Waals surface area contributed by atoms with Crippen molar-refractivity contribution in [3.63, 3.8) is 0 Å². The number of hydrogen-bond acceptors (Lipinski definition) is 2. The van der Waals surface area contributed by atoms with Crippen LogP contribution < -0.4 is 15.5 Å². The molecule has 2 N–H and O–H groups in total. The van der Waals surface area contributed by atoms with E-state index in [0.29, 0.717) is 23.7 Å². The second kappa shape index (κ2) is 7.15. The Morgan fingerprint density at radius 2 is 1.84 bits per heavy atom. The first-order valence-electron chi connectivity index (χ1n) is 8.13. The van der Waals surface area contributed by atoms with Gasteiger partial charge in [0, 0.05) is 29.4 Å². The first-order valence-corrected chi connectivity index (χ1v) is 8.51. The van der Waals surface area contributed by atoms with E-state index >= 15 is 0 Å². The van der Waals surface area contributed by atoms with E-state index in [0.717, 1.165) is 11.3 Å². The molecule has 1 atom stereocenters. The summed E-state index contributed by atoms with van der Waals surface area (Å²) in [5.41, 5.74) is 3.85. The van der Waals surface area contributed by atoms with Crippen LogP contribution >= 0.6 is 11.6 Å². The summed E-state index contributed by atoms with van der Waals surface area (Å²) in [4.78, 5) is 26.1. The van der Waals surface area contributed by atoms with Gasteiger partial charge in [0.25, 0.3) is 0 Å². The molecule has 2 aromatic rings. The molecule has 5 nitrogen and oxygen atoms in total. The number of carbonyl (C=O) groups is 2. The van der Waals surface area contributed by atoms with Gasteiger partial charge in [-0.25, -0.2) is 4.79 Å².